The summed E-state index contributed by atoms with van der Waals surface area (Å²) < 4.78 is 25.8. The highest BCUT2D eigenvalue weighted by atomic mass is 35.5. The zero-order valence-corrected chi connectivity index (χ0v) is 14.0. The molecule has 1 saturated carbocycles. The SMILES string of the molecule is CNS(=O)(=O)c1cccc(NC(=O)[C@@H]2CCC[C@@H]2CN)c1.Cl. The number of anilines is 1. The first-order valence-electron chi connectivity index (χ1n) is 7.02. The van der Waals surface area contributed by atoms with Crippen LogP contribution in [-0.4, -0.2) is 27.9 Å². The fraction of sp³-hybridized carbons (Fsp3) is 0.500. The summed E-state index contributed by atoms with van der Waals surface area (Å²) in [5, 5.41) is 2.80. The van der Waals surface area contributed by atoms with Crippen molar-refractivity contribution in [3.63, 3.8) is 0 Å². The fourth-order valence-electron chi connectivity index (χ4n) is 2.76. The van der Waals surface area contributed by atoms with Crippen molar-refractivity contribution >= 4 is 34.0 Å². The Morgan fingerprint density at radius 1 is 1.36 bits per heavy atom. The Morgan fingerprint density at radius 2 is 2.09 bits per heavy atom. The van der Waals surface area contributed by atoms with Crippen LogP contribution in [0, 0.1) is 11.8 Å². The van der Waals surface area contributed by atoms with E-state index < -0.39 is 10.0 Å². The summed E-state index contributed by atoms with van der Waals surface area (Å²) in [6, 6.07) is 6.23. The fourth-order valence-corrected chi connectivity index (χ4v) is 3.53. The number of rotatable bonds is 5. The highest BCUT2D eigenvalue weighted by Gasteiger charge is 2.31. The van der Waals surface area contributed by atoms with E-state index in [9.17, 15) is 13.2 Å². The molecule has 0 saturated heterocycles. The van der Waals surface area contributed by atoms with E-state index in [0.717, 1.165) is 19.3 Å². The van der Waals surface area contributed by atoms with Gasteiger partial charge in [-0.2, -0.15) is 0 Å². The molecule has 0 bridgehead atoms. The molecule has 1 fully saturated rings. The van der Waals surface area contributed by atoms with Crippen molar-refractivity contribution in [1.29, 1.82) is 0 Å². The molecule has 1 aliphatic rings. The molecule has 0 unspecified atom stereocenters. The van der Waals surface area contributed by atoms with Gasteiger partial charge in [0.15, 0.2) is 0 Å². The van der Waals surface area contributed by atoms with Gasteiger partial charge in [0.25, 0.3) is 0 Å². The lowest BCUT2D eigenvalue weighted by Crippen LogP contribution is -2.29. The first-order chi connectivity index (χ1) is 9.97. The molecule has 4 N–H and O–H groups in total. The van der Waals surface area contributed by atoms with Crippen molar-refractivity contribution in [1.82, 2.24) is 4.72 Å². The maximum atomic E-state index is 12.3. The van der Waals surface area contributed by atoms with E-state index in [1.165, 1.54) is 19.2 Å². The van der Waals surface area contributed by atoms with Crippen molar-refractivity contribution in [2.24, 2.45) is 17.6 Å². The molecule has 0 radical (unpaired) electrons. The van der Waals surface area contributed by atoms with E-state index in [0.29, 0.717) is 12.2 Å². The Balaban J connectivity index is 0.00000242. The van der Waals surface area contributed by atoms with Gasteiger partial charge >= 0.3 is 0 Å². The van der Waals surface area contributed by atoms with Crippen LogP contribution >= 0.6 is 12.4 Å². The third-order valence-corrected chi connectivity index (χ3v) is 5.39. The zero-order valence-electron chi connectivity index (χ0n) is 12.4. The summed E-state index contributed by atoms with van der Waals surface area (Å²) in [4.78, 5) is 12.4. The number of hydrogen-bond acceptors (Lipinski definition) is 4. The lowest BCUT2D eigenvalue weighted by molar-refractivity contribution is -0.120. The van der Waals surface area contributed by atoms with Gasteiger partial charge in [0, 0.05) is 11.6 Å². The second-order valence-corrected chi connectivity index (χ2v) is 7.14. The minimum absolute atomic E-state index is 0. The normalized spacial score (nSPS) is 21.2. The summed E-state index contributed by atoms with van der Waals surface area (Å²) in [6.07, 6.45) is 2.82. The molecule has 0 heterocycles. The van der Waals surface area contributed by atoms with Gasteiger partial charge in [-0.25, -0.2) is 13.1 Å². The largest absolute Gasteiger partial charge is 0.330 e. The van der Waals surface area contributed by atoms with Crippen LogP contribution in [0.25, 0.3) is 0 Å². The Kier molecular flexibility index (Phi) is 6.80. The number of nitrogens with two attached hydrogens (primary N) is 1. The van der Waals surface area contributed by atoms with Crippen molar-refractivity contribution in [3.8, 4) is 0 Å². The number of carbonyl (C=O) groups is 1. The molecular formula is C14H22ClN3O3S. The number of benzene rings is 1. The molecule has 6 nitrogen and oxygen atoms in total. The van der Waals surface area contributed by atoms with Crippen LogP contribution < -0.4 is 15.8 Å². The van der Waals surface area contributed by atoms with Crippen LogP contribution in [0.15, 0.2) is 29.2 Å². The second-order valence-electron chi connectivity index (χ2n) is 5.26. The lowest BCUT2D eigenvalue weighted by Gasteiger charge is -2.17. The minimum atomic E-state index is -3.51. The average molecular weight is 348 g/mol. The van der Waals surface area contributed by atoms with Crippen LogP contribution in [0.4, 0.5) is 5.69 Å². The Bertz CT molecular complexity index is 622. The topological polar surface area (TPSA) is 101 Å². The van der Waals surface area contributed by atoms with Crippen LogP contribution in [0.3, 0.4) is 0 Å². The van der Waals surface area contributed by atoms with Gasteiger partial charge in [-0.1, -0.05) is 12.5 Å². The molecule has 124 valence electrons. The first kappa shape index (κ1) is 18.9. The zero-order chi connectivity index (χ0) is 15.5. The van der Waals surface area contributed by atoms with Gasteiger partial charge in [-0.3, -0.25) is 4.79 Å². The van der Waals surface area contributed by atoms with E-state index >= 15 is 0 Å². The Labute approximate surface area is 137 Å². The highest BCUT2D eigenvalue weighted by molar-refractivity contribution is 7.89. The molecule has 1 aliphatic carbocycles. The van der Waals surface area contributed by atoms with E-state index in [2.05, 4.69) is 10.0 Å². The summed E-state index contributed by atoms with van der Waals surface area (Å²) in [5.41, 5.74) is 6.17. The van der Waals surface area contributed by atoms with E-state index in [-0.39, 0.29) is 35.0 Å². The molecule has 1 aromatic carbocycles. The van der Waals surface area contributed by atoms with E-state index in [4.69, 9.17) is 5.73 Å². The van der Waals surface area contributed by atoms with Crippen LogP contribution in [0.2, 0.25) is 0 Å². The van der Waals surface area contributed by atoms with E-state index in [1.54, 1.807) is 12.1 Å². The summed E-state index contributed by atoms with van der Waals surface area (Å²) in [7, 11) is -2.16. The van der Waals surface area contributed by atoms with Crippen molar-refractivity contribution in [2.75, 3.05) is 18.9 Å². The molecule has 2 atom stereocenters. The lowest BCUT2D eigenvalue weighted by atomic mass is 9.95. The predicted molar refractivity (Wildman–Crippen MR) is 88.5 cm³/mol. The number of nitrogens with one attached hydrogen (secondary N) is 2. The molecule has 0 spiro atoms. The first-order valence-corrected chi connectivity index (χ1v) is 8.51. The maximum Gasteiger partial charge on any atom is 0.240 e. The molecule has 22 heavy (non-hydrogen) atoms. The molecule has 0 aliphatic heterocycles. The molecule has 1 aromatic rings. The molecule has 1 amide bonds. The van der Waals surface area contributed by atoms with Crippen molar-refractivity contribution in [3.05, 3.63) is 24.3 Å². The van der Waals surface area contributed by atoms with Crippen LogP contribution in [-0.2, 0) is 14.8 Å². The smallest absolute Gasteiger partial charge is 0.240 e. The summed E-state index contributed by atoms with van der Waals surface area (Å²) in [6.45, 7) is 0.506. The van der Waals surface area contributed by atoms with Gasteiger partial charge < -0.3 is 11.1 Å². The van der Waals surface area contributed by atoms with Gasteiger partial charge in [0.05, 0.1) is 4.90 Å². The Hall–Kier alpha value is -1.15. The summed E-state index contributed by atoms with van der Waals surface area (Å²) >= 11 is 0. The Morgan fingerprint density at radius 3 is 2.73 bits per heavy atom. The maximum absolute atomic E-state index is 12.3. The monoisotopic (exact) mass is 347 g/mol. The second kappa shape index (κ2) is 7.92. The number of hydrogen-bond donors (Lipinski definition) is 3. The van der Waals surface area contributed by atoms with Gasteiger partial charge in [-0.15, -0.1) is 12.4 Å². The third-order valence-electron chi connectivity index (χ3n) is 3.98. The van der Waals surface area contributed by atoms with Gasteiger partial charge in [0.2, 0.25) is 15.9 Å². The van der Waals surface area contributed by atoms with Crippen molar-refractivity contribution < 1.29 is 13.2 Å². The number of sulfonamides is 1. The van der Waals surface area contributed by atoms with Gasteiger partial charge in [-0.05, 0) is 50.6 Å². The molecular weight excluding hydrogens is 326 g/mol. The molecule has 0 aromatic heterocycles. The standard InChI is InChI=1S/C14H21N3O3S.ClH/c1-16-21(19,20)12-6-3-5-11(8-12)17-14(18)13-7-2-4-10(13)9-15;/h3,5-6,8,10,13,16H,2,4,7,9,15H2,1H3,(H,17,18);1H/t10-,13-;/m1./s1. The number of carbonyl (C=O) groups excluding carboxylic acids is 1. The number of amides is 1. The van der Waals surface area contributed by atoms with Gasteiger partial charge in [0.1, 0.15) is 0 Å². The predicted octanol–water partition coefficient (Wildman–Crippen LogP) is 1.33. The third kappa shape index (κ3) is 4.19. The van der Waals surface area contributed by atoms with Crippen LogP contribution in [0.5, 0.6) is 0 Å². The average Bonchev–Trinajstić information content (AvgIpc) is 2.96. The van der Waals surface area contributed by atoms with Crippen LogP contribution in [0.1, 0.15) is 19.3 Å². The van der Waals surface area contributed by atoms with Crippen molar-refractivity contribution in [2.45, 2.75) is 24.2 Å². The molecule has 2 rings (SSSR count). The quantitative estimate of drug-likeness (QED) is 0.747. The van der Waals surface area contributed by atoms with E-state index in [1.807, 2.05) is 0 Å². The number of halogens is 1. The summed E-state index contributed by atoms with van der Waals surface area (Å²) in [5.74, 6) is 0.0516. The minimum Gasteiger partial charge on any atom is -0.330 e. The molecule has 8 heteroatoms. The highest BCUT2D eigenvalue weighted by Crippen LogP contribution is 2.32.